The number of amides is 9. The molecule has 20 nitrogen and oxygen atoms in total. The third-order valence-electron chi connectivity index (χ3n) is 17.8. The van der Waals surface area contributed by atoms with Crippen LogP contribution in [-0.4, -0.2) is 143 Å². The van der Waals surface area contributed by atoms with Gasteiger partial charge in [-0.2, -0.15) is 39.5 Å². The van der Waals surface area contributed by atoms with E-state index in [1.54, 1.807) is 4.90 Å². The summed E-state index contributed by atoms with van der Waals surface area (Å²) in [6, 6.07) is 26.9. The lowest BCUT2D eigenvalue weighted by Crippen LogP contribution is -2.65. The van der Waals surface area contributed by atoms with Gasteiger partial charge in [-0.3, -0.25) is 53.0 Å². The van der Waals surface area contributed by atoms with Gasteiger partial charge in [0.2, 0.25) is 35.4 Å². The summed E-state index contributed by atoms with van der Waals surface area (Å²) in [4.78, 5) is 119. The third-order valence-corrected chi connectivity index (χ3v) is 17.8. The van der Waals surface area contributed by atoms with E-state index >= 15 is 0 Å². The molecule has 0 bridgehead atoms. The second-order valence-corrected chi connectivity index (χ2v) is 29.4. The SMILES string of the molecule is CCCc1ccc(C(F)(F)F)cc1C(=O)NCC(=O)N[C@@H](CCCc1ccc(C)cc1C)C(=O)NC(C)(C)C.Cc1ccc(CN2CNC(=O)[C@@H](NC(=O)CNC(=O)c3cccc(C(F)(F)F)c3)C2)c(C)c1.Cc1ccc(CN2C[C@H](NC(=O)CNC(=O)c3cccc(C(F)(F)F)c3)C(=O)N(C(C)(C)C)C2)c(C)c1. The van der Waals surface area contributed by atoms with Crippen molar-refractivity contribution < 1.29 is 82.7 Å². The highest BCUT2D eigenvalue weighted by Crippen LogP contribution is 2.33. The molecule has 0 unspecified atom stereocenters. The topological polar surface area (TPSA) is 260 Å². The highest BCUT2D eigenvalue weighted by Gasteiger charge is 2.40. The highest BCUT2D eigenvalue weighted by molar-refractivity contribution is 6.00. The summed E-state index contributed by atoms with van der Waals surface area (Å²) >= 11 is 0. The molecule has 0 saturated carbocycles. The van der Waals surface area contributed by atoms with Crippen LogP contribution in [0.25, 0.3) is 0 Å². The van der Waals surface area contributed by atoms with Gasteiger partial charge in [0.1, 0.15) is 18.1 Å². The minimum Gasteiger partial charge on any atom is -0.350 e. The van der Waals surface area contributed by atoms with Gasteiger partial charge in [-0.15, -0.1) is 0 Å². The van der Waals surface area contributed by atoms with Crippen molar-refractivity contribution in [2.45, 2.75) is 183 Å². The number of rotatable bonds is 23. The van der Waals surface area contributed by atoms with Gasteiger partial charge < -0.3 is 47.4 Å². The molecule has 109 heavy (non-hydrogen) atoms. The monoisotopic (exact) mass is 1530 g/mol. The smallest absolute Gasteiger partial charge is 0.350 e. The maximum Gasteiger partial charge on any atom is 0.416 e. The minimum absolute atomic E-state index is 0.116. The van der Waals surface area contributed by atoms with Crippen LogP contribution in [0.3, 0.4) is 0 Å². The van der Waals surface area contributed by atoms with Crippen LogP contribution in [-0.2, 0) is 73.2 Å². The van der Waals surface area contributed by atoms with Gasteiger partial charge in [-0.25, -0.2) is 0 Å². The Balaban J connectivity index is 0.000000256. The van der Waals surface area contributed by atoms with E-state index < -0.39 is 119 Å². The van der Waals surface area contributed by atoms with Crippen LogP contribution in [0.2, 0.25) is 0 Å². The molecule has 2 aliphatic rings. The Bertz CT molecular complexity index is 4240. The van der Waals surface area contributed by atoms with E-state index in [4.69, 9.17) is 0 Å². The van der Waals surface area contributed by atoms with Gasteiger partial charge in [0.25, 0.3) is 17.7 Å². The highest BCUT2D eigenvalue weighted by atomic mass is 19.4. The van der Waals surface area contributed by atoms with Crippen LogP contribution in [0.5, 0.6) is 0 Å². The quantitative estimate of drug-likeness (QED) is 0.0280. The number of carbonyl (C=O) groups is 9. The Labute approximate surface area is 629 Å². The molecular weight excluding hydrogens is 1430 g/mol. The standard InChI is InChI=1S/C30H40F3N3O3.C27H33F3N4O3.C23H25F3N4O3/c1-7-9-22-14-15-23(30(31,32)33)17-24(22)27(38)34-18-26(37)35-25(28(39)36-29(4,5)6)11-8-10-21-13-12-19(2)16-20(21)3;1-17-9-10-20(18(2)11-17)14-33-15-22(25(37)34(16-33)26(3,4)5)32-23(35)13-31-24(36)19-7-6-8-21(12-19)27(28,29)30;1-14-6-7-17(15(2)8-14)11-30-12-19(22(33)28-13-30)29-20(31)10-27-21(32)16-4-3-5-18(9-16)23(24,25)26/h12-17,25H,7-11,18H2,1-6H3,(H,34,38)(H,35,37)(H,36,39);6-12,22H,13-16H2,1-5H3,(H,31,36)(H,32,35);3-9,19H,10-13H2,1-2H3,(H,27,32)(H,28,33)(H,29,31)/t25-;22-;19-/m000/s1. The van der Waals surface area contributed by atoms with Crippen molar-refractivity contribution in [3.8, 4) is 0 Å². The van der Waals surface area contributed by atoms with Crippen LogP contribution in [0.4, 0.5) is 39.5 Å². The lowest BCUT2D eigenvalue weighted by Gasteiger charge is -2.46. The molecule has 0 radical (unpaired) electrons. The lowest BCUT2D eigenvalue weighted by atomic mass is 9.98. The molecule has 2 heterocycles. The Kier molecular flexibility index (Phi) is 30.8. The van der Waals surface area contributed by atoms with Crippen molar-refractivity contribution in [2.75, 3.05) is 46.1 Å². The van der Waals surface area contributed by atoms with Crippen LogP contribution in [0, 0.1) is 41.5 Å². The normalized spacial score (nSPS) is 15.3. The molecule has 8 rings (SSSR count). The van der Waals surface area contributed by atoms with Gasteiger partial charge >= 0.3 is 18.5 Å². The number of aryl methyl sites for hydroxylation is 8. The van der Waals surface area contributed by atoms with Crippen molar-refractivity contribution in [1.29, 1.82) is 0 Å². The van der Waals surface area contributed by atoms with E-state index in [2.05, 4.69) is 77.8 Å². The number of benzene rings is 6. The second kappa shape index (κ2) is 38.3. The van der Waals surface area contributed by atoms with Crippen molar-refractivity contribution in [1.82, 2.24) is 57.2 Å². The van der Waals surface area contributed by atoms with Crippen LogP contribution >= 0.6 is 0 Å². The summed E-state index contributed by atoms with van der Waals surface area (Å²) in [6.45, 7) is 26.3. The van der Waals surface area contributed by atoms with Crippen LogP contribution in [0.1, 0.15) is 171 Å². The Morgan fingerprint density at radius 1 is 0.505 bits per heavy atom. The van der Waals surface area contributed by atoms with E-state index in [0.717, 1.165) is 93.4 Å². The number of nitrogens with one attached hydrogen (secondary N) is 8. The Hall–Kier alpha value is -10.2. The fourth-order valence-electron chi connectivity index (χ4n) is 12.1. The van der Waals surface area contributed by atoms with Gasteiger partial charge in [0.05, 0.1) is 49.7 Å². The maximum absolute atomic E-state index is 13.2. The van der Waals surface area contributed by atoms with E-state index in [0.29, 0.717) is 63.7 Å². The zero-order valence-corrected chi connectivity index (χ0v) is 63.6. The summed E-state index contributed by atoms with van der Waals surface area (Å²) in [5.74, 6) is -5.16. The lowest BCUT2D eigenvalue weighted by molar-refractivity contribution is -0.150. The number of carbonyl (C=O) groups excluding carboxylic acids is 9. The third kappa shape index (κ3) is 27.8. The number of halogens is 9. The Morgan fingerprint density at radius 3 is 1.41 bits per heavy atom. The summed E-state index contributed by atoms with van der Waals surface area (Å²) in [7, 11) is 0. The van der Waals surface area contributed by atoms with Crippen molar-refractivity contribution in [3.63, 3.8) is 0 Å². The van der Waals surface area contributed by atoms with E-state index in [1.807, 2.05) is 119 Å². The molecule has 590 valence electrons. The molecule has 0 spiro atoms. The zero-order valence-electron chi connectivity index (χ0n) is 63.6. The first kappa shape index (κ1) is 87.7. The van der Waals surface area contributed by atoms with Crippen molar-refractivity contribution >= 4 is 53.2 Å². The molecule has 9 amide bonds. The predicted octanol–water partition coefficient (Wildman–Crippen LogP) is 11.2. The Morgan fingerprint density at radius 2 is 0.945 bits per heavy atom. The fraction of sp³-hybridized carbons (Fsp3) is 0.438. The first-order valence-corrected chi connectivity index (χ1v) is 35.6. The maximum atomic E-state index is 13.2. The van der Waals surface area contributed by atoms with Crippen LogP contribution in [0.15, 0.2) is 121 Å². The molecule has 2 fully saturated rings. The molecule has 2 aliphatic heterocycles. The molecule has 0 aromatic heterocycles. The van der Waals surface area contributed by atoms with Crippen molar-refractivity contribution in [3.05, 3.63) is 210 Å². The molecular formula is C80H98F9N11O9. The van der Waals surface area contributed by atoms with Crippen molar-refractivity contribution in [2.24, 2.45) is 0 Å². The van der Waals surface area contributed by atoms with Gasteiger partial charge in [0, 0.05) is 53.9 Å². The summed E-state index contributed by atoms with van der Waals surface area (Å²) in [5, 5.41) is 20.6. The van der Waals surface area contributed by atoms with Gasteiger partial charge in [-0.1, -0.05) is 103 Å². The largest absolute Gasteiger partial charge is 0.416 e. The first-order valence-electron chi connectivity index (χ1n) is 35.6. The number of hydrogen-bond donors (Lipinski definition) is 8. The van der Waals surface area contributed by atoms with E-state index in [1.165, 1.54) is 23.8 Å². The number of alkyl halides is 9. The van der Waals surface area contributed by atoms with Crippen LogP contribution < -0.4 is 42.5 Å². The second-order valence-electron chi connectivity index (χ2n) is 29.4. The number of nitrogens with zero attached hydrogens (tertiary/aromatic N) is 3. The molecule has 3 atom stereocenters. The average Bonchev–Trinajstić information content (AvgIpc) is 0.797. The van der Waals surface area contributed by atoms with E-state index in [-0.39, 0.29) is 47.5 Å². The fourth-order valence-corrected chi connectivity index (χ4v) is 12.1. The minimum atomic E-state index is -4.60. The van der Waals surface area contributed by atoms with Gasteiger partial charge in [0.15, 0.2) is 0 Å². The molecule has 8 N–H and O–H groups in total. The molecule has 0 aliphatic carbocycles. The summed E-state index contributed by atoms with van der Waals surface area (Å²) in [5.41, 5.74) is 6.38. The molecule has 6 aromatic rings. The number of hydrogen-bond acceptors (Lipinski definition) is 11. The molecule has 29 heteroatoms. The predicted molar refractivity (Wildman–Crippen MR) is 395 cm³/mol. The van der Waals surface area contributed by atoms with Gasteiger partial charge in [-0.05, 0) is 196 Å². The molecule has 2 saturated heterocycles. The first-order chi connectivity index (χ1) is 50.8. The summed E-state index contributed by atoms with van der Waals surface area (Å²) < 4.78 is 117. The zero-order chi connectivity index (χ0) is 81.1. The summed E-state index contributed by atoms with van der Waals surface area (Å²) in [6.07, 6.45) is -11.0. The van der Waals surface area contributed by atoms with E-state index in [9.17, 15) is 82.7 Å². The molecule has 6 aromatic carbocycles. The average molecular weight is 1530 g/mol.